The third-order valence-electron chi connectivity index (χ3n) is 6.25. The predicted octanol–water partition coefficient (Wildman–Crippen LogP) is 7.46. The second-order valence-corrected chi connectivity index (χ2v) is 8.55. The molecule has 0 saturated heterocycles. The van der Waals surface area contributed by atoms with Gasteiger partial charge in [0.05, 0.1) is 0 Å². The van der Waals surface area contributed by atoms with E-state index in [0.717, 1.165) is 45.4 Å². The van der Waals surface area contributed by atoms with Gasteiger partial charge in [-0.05, 0) is 75.5 Å². The molecule has 0 fully saturated rings. The first-order valence-electron chi connectivity index (χ1n) is 11.3. The van der Waals surface area contributed by atoms with E-state index in [-0.39, 0.29) is 5.92 Å². The van der Waals surface area contributed by atoms with Gasteiger partial charge in [-0.1, -0.05) is 80.6 Å². The van der Waals surface area contributed by atoms with Crippen LogP contribution in [-0.4, -0.2) is 10.2 Å². The Morgan fingerprint density at radius 2 is 1.19 bits per heavy atom. The van der Waals surface area contributed by atoms with Gasteiger partial charge in [-0.3, -0.25) is 0 Å². The van der Waals surface area contributed by atoms with E-state index in [2.05, 4.69) is 56.3 Å². The van der Waals surface area contributed by atoms with Crippen molar-refractivity contribution in [3.63, 3.8) is 0 Å². The van der Waals surface area contributed by atoms with E-state index in [0.29, 0.717) is 24.3 Å². The van der Waals surface area contributed by atoms with Gasteiger partial charge >= 0.3 is 0 Å². The normalized spacial score (nSPS) is 11.9. The first kappa shape index (κ1) is 21.7. The fourth-order valence-electron chi connectivity index (χ4n) is 4.18. The van der Waals surface area contributed by atoms with Crippen LogP contribution in [0.1, 0.15) is 54.0 Å². The van der Waals surface area contributed by atoms with Crippen LogP contribution < -0.4 is 0 Å². The third-order valence-corrected chi connectivity index (χ3v) is 6.25. The summed E-state index contributed by atoms with van der Waals surface area (Å²) in [5.41, 5.74) is 7.24. The van der Waals surface area contributed by atoms with Crippen LogP contribution >= 0.6 is 0 Å². The van der Waals surface area contributed by atoms with Crippen LogP contribution in [0.25, 0.3) is 11.1 Å². The van der Waals surface area contributed by atoms with Gasteiger partial charge in [-0.2, -0.15) is 0 Å². The van der Waals surface area contributed by atoms with E-state index < -0.39 is 0 Å². The zero-order valence-corrected chi connectivity index (χ0v) is 18.8. The van der Waals surface area contributed by atoms with E-state index in [1.54, 1.807) is 6.07 Å². The molecule has 32 heavy (non-hydrogen) atoms. The smallest absolute Gasteiger partial charge is 0.122 e. The van der Waals surface area contributed by atoms with Crippen molar-refractivity contribution in [3.8, 4) is 22.6 Å². The summed E-state index contributed by atoms with van der Waals surface area (Å²) < 4.78 is 0. The summed E-state index contributed by atoms with van der Waals surface area (Å²) in [6.07, 6.45) is 2.29. The number of rotatable bonds is 7. The Balaban J connectivity index is 1.81. The van der Waals surface area contributed by atoms with E-state index in [1.807, 2.05) is 42.5 Å². The molecule has 0 heterocycles. The second kappa shape index (κ2) is 9.74. The van der Waals surface area contributed by atoms with Crippen LogP contribution in [0.4, 0.5) is 0 Å². The minimum absolute atomic E-state index is 0.277. The number of benzene rings is 4. The van der Waals surface area contributed by atoms with Gasteiger partial charge in [0.2, 0.25) is 0 Å². The minimum atomic E-state index is 0.277. The second-order valence-electron chi connectivity index (χ2n) is 8.55. The lowest BCUT2D eigenvalue weighted by Gasteiger charge is -2.16. The minimum Gasteiger partial charge on any atom is -0.508 e. The van der Waals surface area contributed by atoms with Crippen molar-refractivity contribution >= 4 is 0 Å². The topological polar surface area (TPSA) is 40.5 Å². The van der Waals surface area contributed by atoms with E-state index in [1.165, 1.54) is 0 Å². The maximum atomic E-state index is 11.2. The largest absolute Gasteiger partial charge is 0.508 e. The standard InChI is InChI=1S/C30H30O2/c1-3-21(2)28-20-24(14-15-29(28)31)25-18-26(16-22-10-6-4-7-11-22)30(32)27(19-25)17-23-12-8-5-9-13-23/h4-15,18-21,31-32H,3,16-17H2,1-2H3. The van der Waals surface area contributed by atoms with Crippen molar-refractivity contribution in [3.05, 3.63) is 119 Å². The van der Waals surface area contributed by atoms with Gasteiger partial charge in [0.15, 0.2) is 0 Å². The molecule has 0 aliphatic heterocycles. The van der Waals surface area contributed by atoms with Crippen LogP contribution in [-0.2, 0) is 12.8 Å². The summed E-state index contributed by atoms with van der Waals surface area (Å²) in [4.78, 5) is 0. The van der Waals surface area contributed by atoms with E-state index in [4.69, 9.17) is 0 Å². The summed E-state index contributed by atoms with van der Waals surface area (Å²) in [7, 11) is 0. The van der Waals surface area contributed by atoms with Crippen LogP contribution in [0.3, 0.4) is 0 Å². The molecule has 0 saturated carbocycles. The van der Waals surface area contributed by atoms with Crippen molar-refractivity contribution < 1.29 is 10.2 Å². The molecule has 0 aliphatic rings. The Bertz CT molecular complexity index is 1120. The Labute approximate surface area is 190 Å². The number of hydrogen-bond donors (Lipinski definition) is 2. The SMILES string of the molecule is CCC(C)c1cc(-c2cc(Cc3ccccc3)c(O)c(Cc3ccccc3)c2)ccc1O. The highest BCUT2D eigenvalue weighted by atomic mass is 16.3. The van der Waals surface area contributed by atoms with Crippen LogP contribution in [0.5, 0.6) is 11.5 Å². The maximum absolute atomic E-state index is 11.2. The molecule has 0 amide bonds. The molecule has 162 valence electrons. The lowest BCUT2D eigenvalue weighted by atomic mass is 9.90. The van der Waals surface area contributed by atoms with Crippen LogP contribution in [0, 0.1) is 0 Å². The Morgan fingerprint density at radius 3 is 1.69 bits per heavy atom. The molecule has 4 aromatic carbocycles. The third kappa shape index (κ3) is 4.86. The Kier molecular flexibility index (Phi) is 6.61. The highest BCUT2D eigenvalue weighted by Crippen LogP contribution is 2.36. The zero-order valence-electron chi connectivity index (χ0n) is 18.8. The average Bonchev–Trinajstić information content (AvgIpc) is 2.82. The zero-order chi connectivity index (χ0) is 22.5. The summed E-state index contributed by atoms with van der Waals surface area (Å²) in [5.74, 6) is 0.984. The number of aromatic hydroxyl groups is 2. The number of hydrogen-bond acceptors (Lipinski definition) is 2. The van der Waals surface area contributed by atoms with E-state index in [9.17, 15) is 10.2 Å². The van der Waals surface area contributed by atoms with E-state index >= 15 is 0 Å². The molecule has 2 nitrogen and oxygen atoms in total. The van der Waals surface area contributed by atoms with Gasteiger partial charge in [0.1, 0.15) is 11.5 Å². The molecule has 1 atom stereocenters. The lowest BCUT2D eigenvalue weighted by Crippen LogP contribution is -1.97. The molecule has 0 bridgehead atoms. The summed E-state index contributed by atoms with van der Waals surface area (Å²) >= 11 is 0. The Hall–Kier alpha value is -3.52. The van der Waals surface area contributed by atoms with Gasteiger partial charge in [-0.25, -0.2) is 0 Å². The maximum Gasteiger partial charge on any atom is 0.122 e. The van der Waals surface area contributed by atoms with Gasteiger partial charge in [0, 0.05) is 12.8 Å². The number of phenolic OH excluding ortho intramolecular Hbond substituents is 2. The molecule has 1 unspecified atom stereocenters. The summed E-state index contributed by atoms with van der Waals surface area (Å²) in [6, 6.07) is 30.5. The molecule has 2 heteroatoms. The van der Waals surface area contributed by atoms with Crippen molar-refractivity contribution in [1.29, 1.82) is 0 Å². The van der Waals surface area contributed by atoms with Gasteiger partial charge < -0.3 is 10.2 Å². The molecule has 0 aliphatic carbocycles. The quantitative estimate of drug-likeness (QED) is 0.324. The molecular weight excluding hydrogens is 392 g/mol. The molecule has 4 rings (SSSR count). The molecule has 4 aromatic rings. The molecule has 0 aromatic heterocycles. The lowest BCUT2D eigenvalue weighted by molar-refractivity contribution is 0.461. The first-order chi connectivity index (χ1) is 15.5. The van der Waals surface area contributed by atoms with Crippen LogP contribution in [0.2, 0.25) is 0 Å². The van der Waals surface area contributed by atoms with Crippen molar-refractivity contribution in [2.45, 2.75) is 39.0 Å². The summed E-state index contributed by atoms with van der Waals surface area (Å²) in [6.45, 7) is 4.27. The monoisotopic (exact) mass is 422 g/mol. The number of phenols is 2. The highest BCUT2D eigenvalue weighted by molar-refractivity contribution is 5.70. The average molecular weight is 423 g/mol. The van der Waals surface area contributed by atoms with Gasteiger partial charge in [-0.15, -0.1) is 0 Å². The van der Waals surface area contributed by atoms with Crippen molar-refractivity contribution in [2.75, 3.05) is 0 Å². The molecule has 0 spiro atoms. The van der Waals surface area contributed by atoms with Crippen LogP contribution in [0.15, 0.2) is 91.0 Å². The van der Waals surface area contributed by atoms with Gasteiger partial charge in [0.25, 0.3) is 0 Å². The Morgan fingerprint density at radius 1 is 0.656 bits per heavy atom. The van der Waals surface area contributed by atoms with Crippen molar-refractivity contribution in [1.82, 2.24) is 0 Å². The fraction of sp³-hybridized carbons (Fsp3) is 0.200. The molecular formula is C30H30O2. The summed E-state index contributed by atoms with van der Waals surface area (Å²) in [5, 5.41) is 21.6. The molecule has 0 radical (unpaired) electrons. The highest BCUT2D eigenvalue weighted by Gasteiger charge is 2.15. The predicted molar refractivity (Wildman–Crippen MR) is 132 cm³/mol. The molecule has 2 N–H and O–H groups in total. The van der Waals surface area contributed by atoms with Crippen molar-refractivity contribution in [2.24, 2.45) is 0 Å². The first-order valence-corrected chi connectivity index (χ1v) is 11.3. The fourth-order valence-corrected chi connectivity index (χ4v) is 4.18.